The summed E-state index contributed by atoms with van der Waals surface area (Å²) in [6, 6.07) is 16.1. The van der Waals surface area contributed by atoms with Gasteiger partial charge in [-0.2, -0.15) is 16.4 Å². The number of hydrogen-bond donors (Lipinski definition) is 3. The van der Waals surface area contributed by atoms with Crippen molar-refractivity contribution in [2.24, 2.45) is 5.92 Å². The van der Waals surface area contributed by atoms with E-state index in [9.17, 15) is 4.79 Å². The molecule has 0 saturated heterocycles. The minimum Gasteiger partial charge on any atom is -0.352 e. The number of hydrogen-bond acceptors (Lipinski definition) is 5. The zero-order valence-electron chi connectivity index (χ0n) is 20.0. The number of nitrogens with zero attached hydrogens (tertiary/aromatic N) is 3. The van der Waals surface area contributed by atoms with Gasteiger partial charge in [0.05, 0.1) is 28.6 Å². The third-order valence-electron chi connectivity index (χ3n) is 7.19. The number of amides is 1. The topological polar surface area (TPSA) is 99.4 Å². The lowest BCUT2D eigenvalue weighted by Crippen LogP contribution is -2.20. The van der Waals surface area contributed by atoms with Gasteiger partial charge < -0.3 is 10.3 Å². The molecule has 1 aliphatic carbocycles. The third-order valence-corrected chi connectivity index (χ3v) is 7.88. The van der Waals surface area contributed by atoms with Crippen molar-refractivity contribution in [3.05, 3.63) is 71.7 Å². The van der Waals surface area contributed by atoms with Crippen molar-refractivity contribution in [1.29, 1.82) is 0 Å². The second-order valence-corrected chi connectivity index (χ2v) is 10.3. The number of fused-ring (bicyclic) bond motifs is 2. The number of H-pyrrole nitrogens is 2. The molecule has 1 aliphatic rings. The summed E-state index contributed by atoms with van der Waals surface area (Å²) in [5, 5.41) is 16.1. The maximum atomic E-state index is 12.6. The van der Waals surface area contributed by atoms with Crippen molar-refractivity contribution in [3.8, 4) is 33.8 Å². The van der Waals surface area contributed by atoms with Crippen LogP contribution in [-0.4, -0.2) is 31.1 Å². The molecule has 7 nitrogen and oxygen atoms in total. The van der Waals surface area contributed by atoms with E-state index in [1.165, 1.54) is 0 Å². The Balaban J connectivity index is 1.25. The van der Waals surface area contributed by atoms with Crippen molar-refractivity contribution in [2.45, 2.75) is 25.7 Å². The molecule has 7 rings (SSSR count). The lowest BCUT2D eigenvalue weighted by molar-refractivity contribution is -0.119. The summed E-state index contributed by atoms with van der Waals surface area (Å²) in [6.45, 7) is 0. The molecule has 1 saturated carbocycles. The highest BCUT2D eigenvalue weighted by atomic mass is 32.1. The molecule has 0 radical (unpaired) electrons. The van der Waals surface area contributed by atoms with Crippen molar-refractivity contribution in [3.63, 3.8) is 0 Å². The van der Waals surface area contributed by atoms with Gasteiger partial charge in [-0.25, -0.2) is 4.98 Å². The van der Waals surface area contributed by atoms with E-state index < -0.39 is 0 Å². The molecule has 8 heteroatoms. The number of aromatic amines is 2. The van der Waals surface area contributed by atoms with E-state index in [-0.39, 0.29) is 11.8 Å². The molecule has 1 fully saturated rings. The Morgan fingerprint density at radius 1 is 1.00 bits per heavy atom. The first kappa shape index (κ1) is 21.9. The van der Waals surface area contributed by atoms with E-state index in [1.54, 1.807) is 11.3 Å². The molecular weight excluding hydrogens is 480 g/mol. The fourth-order valence-corrected chi connectivity index (χ4v) is 5.92. The van der Waals surface area contributed by atoms with Crippen molar-refractivity contribution in [2.75, 3.05) is 5.32 Å². The molecule has 5 heterocycles. The fraction of sp³-hybridized carbons (Fsp3) is 0.172. The molecular formula is C29H24N6OS. The van der Waals surface area contributed by atoms with Crippen LogP contribution in [0.1, 0.15) is 25.7 Å². The summed E-state index contributed by atoms with van der Waals surface area (Å²) in [4.78, 5) is 25.5. The third kappa shape index (κ3) is 3.99. The van der Waals surface area contributed by atoms with Crippen LogP contribution < -0.4 is 5.32 Å². The maximum absolute atomic E-state index is 12.6. The van der Waals surface area contributed by atoms with Crippen molar-refractivity contribution >= 4 is 44.9 Å². The van der Waals surface area contributed by atoms with Gasteiger partial charge in [0.15, 0.2) is 0 Å². The summed E-state index contributed by atoms with van der Waals surface area (Å²) >= 11 is 1.67. The number of nitrogens with one attached hydrogen (secondary N) is 3. The molecule has 0 unspecified atom stereocenters. The van der Waals surface area contributed by atoms with Crippen LogP contribution in [-0.2, 0) is 4.79 Å². The van der Waals surface area contributed by atoms with Crippen LogP contribution in [0.3, 0.4) is 0 Å². The molecule has 1 aromatic carbocycles. The molecule has 0 aliphatic heterocycles. The van der Waals surface area contributed by atoms with Crippen LogP contribution in [0.25, 0.3) is 55.7 Å². The van der Waals surface area contributed by atoms with Gasteiger partial charge in [0.1, 0.15) is 11.2 Å². The number of thiophene rings is 1. The Labute approximate surface area is 217 Å². The lowest BCUT2D eigenvalue weighted by atomic mass is 10.1. The Morgan fingerprint density at radius 2 is 1.92 bits per heavy atom. The van der Waals surface area contributed by atoms with Crippen LogP contribution in [0.5, 0.6) is 0 Å². The average Bonchev–Trinajstić information content (AvgIpc) is 3.74. The van der Waals surface area contributed by atoms with Crippen LogP contribution in [0.4, 0.5) is 5.69 Å². The monoisotopic (exact) mass is 504 g/mol. The van der Waals surface area contributed by atoms with Crippen LogP contribution in [0, 0.1) is 5.92 Å². The first-order chi connectivity index (χ1) is 18.2. The SMILES string of the molecule is O=C(Nc1cccc(-c2ccc3[nH]nc(-c4cc5c(-c6ccsc6)cncc5[nH]4)c3n2)c1)C1CCCC1. The Bertz CT molecular complexity index is 1740. The predicted molar refractivity (Wildman–Crippen MR) is 148 cm³/mol. The zero-order valence-corrected chi connectivity index (χ0v) is 20.8. The van der Waals surface area contributed by atoms with Gasteiger partial charge in [0.2, 0.25) is 5.91 Å². The van der Waals surface area contributed by atoms with E-state index >= 15 is 0 Å². The molecule has 182 valence electrons. The quantitative estimate of drug-likeness (QED) is 0.235. The highest BCUT2D eigenvalue weighted by Crippen LogP contribution is 2.34. The van der Waals surface area contributed by atoms with E-state index in [2.05, 4.69) is 48.4 Å². The van der Waals surface area contributed by atoms with E-state index in [0.717, 1.165) is 87.1 Å². The van der Waals surface area contributed by atoms with Crippen LogP contribution in [0.2, 0.25) is 0 Å². The Kier molecular flexibility index (Phi) is 5.32. The van der Waals surface area contributed by atoms with Crippen molar-refractivity contribution < 1.29 is 4.79 Å². The molecule has 0 atom stereocenters. The minimum absolute atomic E-state index is 0.116. The summed E-state index contributed by atoms with van der Waals surface area (Å²) < 4.78 is 0. The van der Waals surface area contributed by atoms with Gasteiger partial charge >= 0.3 is 0 Å². The predicted octanol–water partition coefficient (Wildman–Crippen LogP) is 7.03. The minimum atomic E-state index is 0.116. The van der Waals surface area contributed by atoms with E-state index in [0.29, 0.717) is 0 Å². The number of benzene rings is 1. The summed E-state index contributed by atoms with van der Waals surface area (Å²) in [7, 11) is 0. The largest absolute Gasteiger partial charge is 0.352 e. The second kappa shape index (κ2) is 8.97. The molecule has 5 aromatic heterocycles. The highest BCUT2D eigenvalue weighted by Gasteiger charge is 2.22. The molecule has 3 N–H and O–H groups in total. The Hall–Kier alpha value is -4.30. The Morgan fingerprint density at radius 3 is 2.78 bits per heavy atom. The fourth-order valence-electron chi connectivity index (χ4n) is 5.26. The van der Waals surface area contributed by atoms with Gasteiger partial charge in [-0.05, 0) is 65.6 Å². The highest BCUT2D eigenvalue weighted by molar-refractivity contribution is 7.08. The zero-order chi connectivity index (χ0) is 24.8. The molecule has 6 aromatic rings. The van der Waals surface area contributed by atoms with Gasteiger partial charge in [-0.3, -0.25) is 14.9 Å². The average molecular weight is 505 g/mol. The number of carbonyl (C=O) groups excluding carboxylic acids is 1. The second-order valence-electron chi connectivity index (χ2n) is 9.56. The van der Waals surface area contributed by atoms with Gasteiger partial charge in [0.25, 0.3) is 0 Å². The summed E-state index contributed by atoms with van der Waals surface area (Å²) in [5.41, 5.74) is 9.05. The van der Waals surface area contributed by atoms with E-state index in [1.807, 2.05) is 48.8 Å². The van der Waals surface area contributed by atoms with Crippen LogP contribution in [0.15, 0.2) is 71.7 Å². The van der Waals surface area contributed by atoms with Crippen LogP contribution >= 0.6 is 11.3 Å². The standard InChI is InChI=1S/C29H24N6OS/c36-29(17-4-1-2-5-17)31-20-7-3-6-18(12-20)23-8-9-24-27(33-23)28(35-34-24)25-13-21-22(19-10-11-37-16-19)14-30-15-26(21)32-25/h3,6-17,32H,1-2,4-5H2,(H,31,36)(H,34,35). The van der Waals surface area contributed by atoms with Gasteiger partial charge in [-0.15, -0.1) is 0 Å². The molecule has 0 bridgehead atoms. The molecule has 37 heavy (non-hydrogen) atoms. The smallest absolute Gasteiger partial charge is 0.227 e. The molecule has 1 amide bonds. The maximum Gasteiger partial charge on any atom is 0.227 e. The lowest BCUT2D eigenvalue weighted by Gasteiger charge is -2.11. The number of pyridine rings is 2. The van der Waals surface area contributed by atoms with Crippen molar-refractivity contribution in [1.82, 2.24) is 25.1 Å². The summed E-state index contributed by atoms with van der Waals surface area (Å²) in [5.74, 6) is 0.240. The first-order valence-corrected chi connectivity index (χ1v) is 13.4. The number of aromatic nitrogens is 5. The number of rotatable bonds is 5. The molecule has 0 spiro atoms. The van der Waals surface area contributed by atoms with Gasteiger partial charge in [-0.1, -0.05) is 25.0 Å². The first-order valence-electron chi connectivity index (χ1n) is 12.5. The van der Waals surface area contributed by atoms with E-state index in [4.69, 9.17) is 4.98 Å². The number of anilines is 1. The van der Waals surface area contributed by atoms with Gasteiger partial charge in [0, 0.05) is 34.3 Å². The number of carbonyl (C=O) groups is 1. The summed E-state index contributed by atoms with van der Waals surface area (Å²) in [6.07, 6.45) is 7.97. The normalized spacial score (nSPS) is 14.1.